The molecule has 0 unspecified atom stereocenters. The summed E-state index contributed by atoms with van der Waals surface area (Å²) in [6.45, 7) is 6.52. The van der Waals surface area contributed by atoms with Crippen molar-refractivity contribution in [2.75, 3.05) is 34.0 Å². The van der Waals surface area contributed by atoms with Gasteiger partial charge in [-0.2, -0.15) is 0 Å². The van der Waals surface area contributed by atoms with Crippen molar-refractivity contribution in [3.8, 4) is 11.5 Å². The van der Waals surface area contributed by atoms with Crippen LogP contribution in [0.5, 0.6) is 11.5 Å². The van der Waals surface area contributed by atoms with Gasteiger partial charge >= 0.3 is 0 Å². The van der Waals surface area contributed by atoms with E-state index in [1.165, 1.54) is 0 Å². The van der Waals surface area contributed by atoms with E-state index in [9.17, 15) is 9.59 Å². The minimum absolute atomic E-state index is 0.0680. The van der Waals surface area contributed by atoms with E-state index in [4.69, 9.17) is 18.6 Å². The molecule has 0 fully saturated rings. The van der Waals surface area contributed by atoms with Gasteiger partial charge in [-0.25, -0.2) is 0 Å². The Bertz CT molecular complexity index is 1250. The van der Waals surface area contributed by atoms with Gasteiger partial charge in [0.2, 0.25) is 5.76 Å². The summed E-state index contributed by atoms with van der Waals surface area (Å²) in [5.74, 6) is 0.772. The number of carbonyl (C=O) groups is 1. The molecule has 1 amide bonds. The molecule has 1 aromatic heterocycles. The lowest BCUT2D eigenvalue weighted by Crippen LogP contribution is -2.32. The van der Waals surface area contributed by atoms with E-state index >= 15 is 0 Å². The van der Waals surface area contributed by atoms with Crippen molar-refractivity contribution in [2.45, 2.75) is 13.0 Å². The zero-order valence-electron chi connectivity index (χ0n) is 18.3. The molecule has 3 aromatic rings. The van der Waals surface area contributed by atoms with E-state index in [1.807, 2.05) is 19.1 Å². The maximum Gasteiger partial charge on any atom is 0.290 e. The normalized spacial score (nSPS) is 15.2. The Kier molecular flexibility index (Phi) is 6.01. The summed E-state index contributed by atoms with van der Waals surface area (Å²) < 4.78 is 22.3. The zero-order valence-corrected chi connectivity index (χ0v) is 18.3. The summed E-state index contributed by atoms with van der Waals surface area (Å²) >= 11 is 0. The first-order chi connectivity index (χ1) is 15.5. The summed E-state index contributed by atoms with van der Waals surface area (Å²) in [5, 5.41) is 0.452. The second kappa shape index (κ2) is 8.88. The highest BCUT2D eigenvalue weighted by Gasteiger charge is 2.42. The minimum atomic E-state index is -0.629. The number of ether oxygens (including phenoxy) is 3. The lowest BCUT2D eigenvalue weighted by molar-refractivity contribution is 0.0663. The minimum Gasteiger partial charge on any atom is -0.493 e. The molecule has 32 heavy (non-hydrogen) atoms. The molecule has 2 heterocycles. The summed E-state index contributed by atoms with van der Waals surface area (Å²) in [7, 11) is 3.11. The number of carbonyl (C=O) groups excluding carboxylic acids is 1. The number of amides is 1. The predicted octanol–water partition coefficient (Wildman–Crippen LogP) is 3.87. The quantitative estimate of drug-likeness (QED) is 0.500. The van der Waals surface area contributed by atoms with Crippen LogP contribution in [0, 0.1) is 6.92 Å². The van der Waals surface area contributed by atoms with Crippen LogP contribution < -0.4 is 14.9 Å². The third-order valence-corrected chi connectivity index (χ3v) is 5.52. The van der Waals surface area contributed by atoms with Gasteiger partial charge in [0.25, 0.3) is 5.91 Å². The van der Waals surface area contributed by atoms with Crippen molar-refractivity contribution >= 4 is 16.9 Å². The highest BCUT2D eigenvalue weighted by atomic mass is 16.5. The molecular weight excluding hydrogens is 410 g/mol. The van der Waals surface area contributed by atoms with Crippen molar-refractivity contribution in [3.05, 3.63) is 81.7 Å². The van der Waals surface area contributed by atoms with Crippen molar-refractivity contribution in [1.82, 2.24) is 4.90 Å². The lowest BCUT2D eigenvalue weighted by Gasteiger charge is -2.25. The Morgan fingerprint density at radius 1 is 1.12 bits per heavy atom. The number of hydrogen-bond acceptors (Lipinski definition) is 6. The van der Waals surface area contributed by atoms with E-state index in [1.54, 1.807) is 49.5 Å². The molecule has 1 aliphatic rings. The Hall–Kier alpha value is -3.58. The molecule has 1 atom stereocenters. The van der Waals surface area contributed by atoms with Gasteiger partial charge in [-0.05, 0) is 36.8 Å². The fraction of sp³-hybridized carbons (Fsp3) is 0.280. The van der Waals surface area contributed by atoms with Crippen LogP contribution in [0.2, 0.25) is 0 Å². The van der Waals surface area contributed by atoms with Gasteiger partial charge in [0.15, 0.2) is 16.9 Å². The van der Waals surface area contributed by atoms with Crippen LogP contribution in [0.15, 0.2) is 58.3 Å². The first kappa shape index (κ1) is 21.6. The molecule has 0 N–H and O–H groups in total. The maximum atomic E-state index is 13.5. The molecule has 7 nitrogen and oxygen atoms in total. The third kappa shape index (κ3) is 3.65. The van der Waals surface area contributed by atoms with Gasteiger partial charge in [-0.1, -0.05) is 30.4 Å². The molecule has 0 bridgehead atoms. The smallest absolute Gasteiger partial charge is 0.290 e. The number of methoxy groups -OCH3 is 2. The molecule has 0 saturated heterocycles. The average Bonchev–Trinajstić information content (AvgIpc) is 3.08. The van der Waals surface area contributed by atoms with E-state index in [0.717, 1.165) is 11.1 Å². The molecule has 0 spiro atoms. The molecular formula is C25H25NO6. The van der Waals surface area contributed by atoms with Crippen molar-refractivity contribution in [2.24, 2.45) is 0 Å². The molecule has 166 valence electrons. The van der Waals surface area contributed by atoms with Crippen LogP contribution in [0.1, 0.15) is 33.3 Å². The zero-order chi connectivity index (χ0) is 22.8. The van der Waals surface area contributed by atoms with Gasteiger partial charge in [0.05, 0.1) is 30.7 Å². The third-order valence-electron chi connectivity index (χ3n) is 5.52. The highest BCUT2D eigenvalue weighted by molar-refractivity contribution is 5.99. The Labute approximate surface area is 185 Å². The van der Waals surface area contributed by atoms with Crippen LogP contribution >= 0.6 is 0 Å². The van der Waals surface area contributed by atoms with E-state index < -0.39 is 6.04 Å². The van der Waals surface area contributed by atoms with Gasteiger partial charge in [0.1, 0.15) is 12.2 Å². The van der Waals surface area contributed by atoms with Crippen LogP contribution in [0.4, 0.5) is 0 Å². The van der Waals surface area contributed by atoms with Crippen LogP contribution in [-0.2, 0) is 4.74 Å². The predicted molar refractivity (Wildman–Crippen MR) is 121 cm³/mol. The standard InChI is InChI=1S/C25H25NO6/c1-5-11-31-19-9-7-16(14-20(19)30-4)22-21-23(27)17-13-15(2)6-8-18(17)32-24(21)25(28)26(22)10-12-29-3/h5-9,13-14,22H,1,10-12H2,2-4H3/t22-/m0/s1. The van der Waals surface area contributed by atoms with Crippen molar-refractivity contribution in [1.29, 1.82) is 0 Å². The fourth-order valence-electron chi connectivity index (χ4n) is 4.02. The second-order valence-corrected chi connectivity index (χ2v) is 7.58. The molecule has 0 aliphatic carbocycles. The maximum absolute atomic E-state index is 13.5. The number of benzene rings is 2. The van der Waals surface area contributed by atoms with Gasteiger partial charge in [0, 0.05) is 13.7 Å². The monoisotopic (exact) mass is 435 g/mol. The lowest BCUT2D eigenvalue weighted by atomic mass is 9.97. The largest absolute Gasteiger partial charge is 0.493 e. The first-order valence-corrected chi connectivity index (χ1v) is 10.3. The van der Waals surface area contributed by atoms with Crippen LogP contribution in [0.25, 0.3) is 11.0 Å². The Morgan fingerprint density at radius 2 is 1.94 bits per heavy atom. The fourth-order valence-corrected chi connectivity index (χ4v) is 4.02. The number of aryl methyl sites for hydroxylation is 1. The summed E-state index contributed by atoms with van der Waals surface area (Å²) in [5.41, 5.74) is 2.16. The van der Waals surface area contributed by atoms with Crippen LogP contribution in [-0.4, -0.2) is 44.8 Å². The summed E-state index contributed by atoms with van der Waals surface area (Å²) in [6, 6.07) is 10.1. The van der Waals surface area contributed by atoms with Gasteiger partial charge in [-0.3, -0.25) is 9.59 Å². The average molecular weight is 435 g/mol. The number of rotatable bonds is 8. The highest BCUT2D eigenvalue weighted by Crippen LogP contribution is 2.40. The van der Waals surface area contributed by atoms with Gasteiger partial charge < -0.3 is 23.5 Å². The number of fused-ring (bicyclic) bond motifs is 2. The SMILES string of the molecule is C=CCOc1ccc([C@H]2c3c(oc4ccc(C)cc4c3=O)C(=O)N2CCOC)cc1OC. The van der Waals surface area contributed by atoms with Crippen LogP contribution in [0.3, 0.4) is 0 Å². The molecule has 4 rings (SSSR count). The molecule has 7 heteroatoms. The van der Waals surface area contributed by atoms with E-state index in [0.29, 0.717) is 47.8 Å². The number of nitrogens with zero attached hydrogens (tertiary/aromatic N) is 1. The summed E-state index contributed by atoms with van der Waals surface area (Å²) in [6.07, 6.45) is 1.64. The first-order valence-electron chi connectivity index (χ1n) is 10.3. The number of hydrogen-bond donors (Lipinski definition) is 0. The topological polar surface area (TPSA) is 78.2 Å². The van der Waals surface area contributed by atoms with Crippen molar-refractivity contribution in [3.63, 3.8) is 0 Å². The molecule has 1 aliphatic heterocycles. The molecule has 0 saturated carbocycles. The Balaban J connectivity index is 1.91. The van der Waals surface area contributed by atoms with E-state index in [-0.39, 0.29) is 17.1 Å². The van der Waals surface area contributed by atoms with Gasteiger partial charge in [-0.15, -0.1) is 0 Å². The molecule has 2 aromatic carbocycles. The summed E-state index contributed by atoms with van der Waals surface area (Å²) in [4.78, 5) is 28.4. The van der Waals surface area contributed by atoms with Crippen molar-refractivity contribution < 1.29 is 23.4 Å². The molecule has 0 radical (unpaired) electrons. The second-order valence-electron chi connectivity index (χ2n) is 7.58. The Morgan fingerprint density at radius 3 is 2.66 bits per heavy atom. The van der Waals surface area contributed by atoms with E-state index in [2.05, 4.69) is 6.58 Å².